The fraction of sp³-hybridized carbons (Fsp3) is 0.300. The molecule has 1 aliphatic rings. The van der Waals surface area contributed by atoms with Gasteiger partial charge in [-0.2, -0.15) is 0 Å². The molecule has 0 saturated carbocycles. The van der Waals surface area contributed by atoms with Crippen molar-refractivity contribution >= 4 is 17.5 Å². The van der Waals surface area contributed by atoms with Crippen LogP contribution in [0.3, 0.4) is 0 Å². The summed E-state index contributed by atoms with van der Waals surface area (Å²) in [5.74, 6) is -0.482. The van der Waals surface area contributed by atoms with Crippen LogP contribution in [0.2, 0.25) is 0 Å². The topological polar surface area (TPSA) is 55.6 Å². The Labute approximate surface area is 86.4 Å². The molecular weight excluding hydrogens is 199 g/mol. The molecule has 0 bridgehead atoms. The summed E-state index contributed by atoms with van der Waals surface area (Å²) >= 11 is 0. The molecule has 1 aromatic rings. The van der Waals surface area contributed by atoms with Crippen molar-refractivity contribution < 1.29 is 13.9 Å². The molecule has 2 rings (SSSR count). The molecule has 15 heavy (non-hydrogen) atoms. The van der Waals surface area contributed by atoms with Crippen molar-refractivity contribution in [1.29, 1.82) is 0 Å². The Morgan fingerprint density at radius 3 is 2.93 bits per heavy atom. The largest absolute Gasteiger partial charge is 0.449 e. The van der Waals surface area contributed by atoms with Gasteiger partial charge in [0.15, 0.2) is 0 Å². The molecule has 1 fully saturated rings. The third-order valence-corrected chi connectivity index (χ3v) is 2.26. The van der Waals surface area contributed by atoms with Gasteiger partial charge in [-0.15, -0.1) is 0 Å². The molecular formula is C10H11FN2O2. The predicted octanol–water partition coefficient (Wildman–Crippen LogP) is 1.75. The molecule has 0 aromatic heterocycles. The minimum atomic E-state index is -0.482. The number of carbonyl (C=O) groups excluding carboxylic acids is 1. The zero-order chi connectivity index (χ0) is 10.8. The van der Waals surface area contributed by atoms with E-state index in [2.05, 4.69) is 0 Å². The van der Waals surface area contributed by atoms with Crippen molar-refractivity contribution in [3.63, 3.8) is 0 Å². The molecule has 80 valence electrons. The summed E-state index contributed by atoms with van der Waals surface area (Å²) in [6, 6.07) is 4.19. The summed E-state index contributed by atoms with van der Waals surface area (Å²) in [4.78, 5) is 12.8. The van der Waals surface area contributed by atoms with Gasteiger partial charge >= 0.3 is 6.09 Å². The number of nitrogen functional groups attached to an aromatic ring is 1. The number of rotatable bonds is 1. The van der Waals surface area contributed by atoms with Crippen molar-refractivity contribution in [3.8, 4) is 0 Å². The van der Waals surface area contributed by atoms with Crippen LogP contribution >= 0.6 is 0 Å². The summed E-state index contributed by atoms with van der Waals surface area (Å²) < 4.78 is 17.8. The lowest BCUT2D eigenvalue weighted by Crippen LogP contribution is -2.37. The number of nitrogens with two attached hydrogens (primary N) is 1. The first-order chi connectivity index (χ1) is 7.18. The van der Waals surface area contributed by atoms with Crippen LogP contribution in [0.1, 0.15) is 6.42 Å². The zero-order valence-corrected chi connectivity index (χ0v) is 8.07. The van der Waals surface area contributed by atoms with Crippen molar-refractivity contribution in [2.24, 2.45) is 0 Å². The van der Waals surface area contributed by atoms with E-state index in [1.54, 1.807) is 0 Å². The van der Waals surface area contributed by atoms with Crippen LogP contribution in [-0.4, -0.2) is 19.2 Å². The van der Waals surface area contributed by atoms with Gasteiger partial charge in [0, 0.05) is 12.2 Å². The Kier molecular flexibility index (Phi) is 2.45. The predicted molar refractivity (Wildman–Crippen MR) is 54.1 cm³/mol. The molecule has 5 heteroatoms. The van der Waals surface area contributed by atoms with Crippen LogP contribution in [0.5, 0.6) is 0 Å². The van der Waals surface area contributed by atoms with E-state index < -0.39 is 11.9 Å². The Hall–Kier alpha value is -1.78. The fourth-order valence-electron chi connectivity index (χ4n) is 1.48. The standard InChI is InChI=1S/C10H11FN2O2/c11-8-3-2-7(6-9(8)12)13-4-1-5-15-10(13)14/h2-3,6H,1,4-5,12H2. The third kappa shape index (κ3) is 1.86. The van der Waals surface area contributed by atoms with Crippen LogP contribution in [0.4, 0.5) is 20.6 Å². The van der Waals surface area contributed by atoms with E-state index in [1.165, 1.54) is 23.1 Å². The number of benzene rings is 1. The van der Waals surface area contributed by atoms with Crippen LogP contribution < -0.4 is 10.6 Å². The number of hydrogen-bond donors (Lipinski definition) is 1. The highest BCUT2D eigenvalue weighted by Gasteiger charge is 2.21. The highest BCUT2D eigenvalue weighted by atomic mass is 19.1. The van der Waals surface area contributed by atoms with E-state index in [4.69, 9.17) is 10.5 Å². The molecule has 1 aliphatic heterocycles. The van der Waals surface area contributed by atoms with Crippen molar-refractivity contribution in [3.05, 3.63) is 24.0 Å². The Bertz CT molecular complexity index is 395. The first-order valence-corrected chi connectivity index (χ1v) is 4.68. The van der Waals surface area contributed by atoms with E-state index in [9.17, 15) is 9.18 Å². The lowest BCUT2D eigenvalue weighted by atomic mass is 10.2. The summed E-state index contributed by atoms with van der Waals surface area (Å²) in [5.41, 5.74) is 6.02. The smallest absolute Gasteiger partial charge is 0.414 e. The lowest BCUT2D eigenvalue weighted by molar-refractivity contribution is 0.140. The van der Waals surface area contributed by atoms with Gasteiger partial charge < -0.3 is 10.5 Å². The summed E-state index contributed by atoms with van der Waals surface area (Å²) in [6.07, 6.45) is 0.357. The molecule has 0 spiro atoms. The zero-order valence-electron chi connectivity index (χ0n) is 8.07. The van der Waals surface area contributed by atoms with E-state index in [0.717, 1.165) is 6.42 Å². The van der Waals surface area contributed by atoms with Gasteiger partial charge in [-0.05, 0) is 24.6 Å². The van der Waals surface area contributed by atoms with Crippen molar-refractivity contribution in [2.75, 3.05) is 23.8 Å². The lowest BCUT2D eigenvalue weighted by Gasteiger charge is -2.26. The number of ether oxygens (including phenoxy) is 1. The first kappa shape index (κ1) is 9.76. The number of anilines is 2. The summed E-state index contributed by atoms with van der Waals surface area (Å²) in [6.45, 7) is 1.01. The number of carbonyl (C=O) groups is 1. The van der Waals surface area contributed by atoms with Gasteiger partial charge in [0.05, 0.1) is 12.3 Å². The second-order valence-corrected chi connectivity index (χ2v) is 3.33. The highest BCUT2D eigenvalue weighted by molar-refractivity contribution is 5.88. The number of nitrogens with zero attached hydrogens (tertiary/aromatic N) is 1. The maximum absolute atomic E-state index is 12.9. The van der Waals surface area contributed by atoms with E-state index >= 15 is 0 Å². The molecule has 1 saturated heterocycles. The van der Waals surface area contributed by atoms with E-state index in [-0.39, 0.29) is 5.69 Å². The van der Waals surface area contributed by atoms with E-state index in [1.807, 2.05) is 0 Å². The quantitative estimate of drug-likeness (QED) is 0.718. The SMILES string of the molecule is Nc1cc(N2CCCOC2=O)ccc1F. The summed E-state index contributed by atoms with van der Waals surface area (Å²) in [5, 5.41) is 0. The fourth-order valence-corrected chi connectivity index (χ4v) is 1.48. The van der Waals surface area contributed by atoms with Gasteiger partial charge in [-0.1, -0.05) is 0 Å². The number of hydrogen-bond acceptors (Lipinski definition) is 3. The Balaban J connectivity index is 2.28. The minimum absolute atomic E-state index is 0.0332. The molecule has 1 aromatic carbocycles. The maximum atomic E-state index is 12.9. The number of halogens is 1. The third-order valence-electron chi connectivity index (χ3n) is 2.26. The normalized spacial score (nSPS) is 16.3. The highest BCUT2D eigenvalue weighted by Crippen LogP contribution is 2.22. The molecule has 0 atom stereocenters. The minimum Gasteiger partial charge on any atom is -0.449 e. The van der Waals surface area contributed by atoms with Crippen LogP contribution in [0.15, 0.2) is 18.2 Å². The molecule has 1 amide bonds. The first-order valence-electron chi connectivity index (χ1n) is 4.68. The number of amides is 1. The molecule has 4 nitrogen and oxygen atoms in total. The second kappa shape index (κ2) is 3.76. The monoisotopic (exact) mass is 210 g/mol. The van der Waals surface area contributed by atoms with E-state index in [0.29, 0.717) is 18.8 Å². The average molecular weight is 210 g/mol. The van der Waals surface area contributed by atoms with Crippen molar-refractivity contribution in [1.82, 2.24) is 0 Å². The maximum Gasteiger partial charge on any atom is 0.414 e. The van der Waals surface area contributed by atoms with Crippen molar-refractivity contribution in [2.45, 2.75) is 6.42 Å². The molecule has 0 aliphatic carbocycles. The van der Waals surface area contributed by atoms with Crippen LogP contribution in [0.25, 0.3) is 0 Å². The molecule has 1 heterocycles. The average Bonchev–Trinajstić information content (AvgIpc) is 2.23. The number of cyclic esters (lactones) is 1. The molecule has 2 N–H and O–H groups in total. The van der Waals surface area contributed by atoms with Gasteiger partial charge in [0.1, 0.15) is 5.82 Å². The molecule has 0 unspecified atom stereocenters. The van der Waals surface area contributed by atoms with Gasteiger partial charge in [-0.3, -0.25) is 4.90 Å². The Morgan fingerprint density at radius 1 is 1.47 bits per heavy atom. The van der Waals surface area contributed by atoms with Gasteiger partial charge in [0.25, 0.3) is 0 Å². The Morgan fingerprint density at radius 2 is 2.27 bits per heavy atom. The molecule has 0 radical (unpaired) electrons. The second-order valence-electron chi connectivity index (χ2n) is 3.33. The van der Waals surface area contributed by atoms with Gasteiger partial charge in [0.2, 0.25) is 0 Å². The summed E-state index contributed by atoms with van der Waals surface area (Å²) in [7, 11) is 0. The van der Waals surface area contributed by atoms with Crippen LogP contribution in [-0.2, 0) is 4.74 Å². The van der Waals surface area contributed by atoms with Crippen LogP contribution in [0, 0.1) is 5.82 Å². The van der Waals surface area contributed by atoms with Gasteiger partial charge in [-0.25, -0.2) is 9.18 Å².